The largest absolute Gasteiger partial charge is 0.507 e. The average molecular weight is 627 g/mol. The number of anilines is 1. The molecule has 1 aliphatic rings. The van der Waals surface area contributed by atoms with Crippen LogP contribution >= 0.6 is 11.3 Å². The van der Waals surface area contributed by atoms with Crippen LogP contribution in [-0.4, -0.2) is 47.4 Å². The molecule has 1 amide bonds. The Balaban J connectivity index is 1.55. The molecular formula is C34H30N2O8S. The number of methoxy groups -OCH3 is 1. The molecule has 2 heterocycles. The first-order chi connectivity index (χ1) is 21.6. The van der Waals surface area contributed by atoms with Gasteiger partial charge in [-0.15, -0.1) is 0 Å². The van der Waals surface area contributed by atoms with Gasteiger partial charge in [0.15, 0.2) is 5.13 Å². The number of aliphatic hydroxyl groups is 1. The summed E-state index contributed by atoms with van der Waals surface area (Å²) in [4.78, 5) is 57.5. The lowest BCUT2D eigenvalue weighted by Gasteiger charge is -2.23. The molecule has 0 radical (unpaired) electrons. The molecule has 11 heteroatoms. The summed E-state index contributed by atoms with van der Waals surface area (Å²) >= 11 is 0.909. The van der Waals surface area contributed by atoms with Crippen molar-refractivity contribution in [1.82, 2.24) is 4.98 Å². The van der Waals surface area contributed by atoms with Gasteiger partial charge in [-0.1, -0.05) is 47.7 Å². The summed E-state index contributed by atoms with van der Waals surface area (Å²) in [5, 5.41) is 11.6. The smallest absolute Gasteiger partial charge is 0.350 e. The zero-order chi connectivity index (χ0) is 32.2. The van der Waals surface area contributed by atoms with Crippen molar-refractivity contribution in [2.75, 3.05) is 18.6 Å². The lowest BCUT2D eigenvalue weighted by molar-refractivity contribution is -0.132. The van der Waals surface area contributed by atoms with Gasteiger partial charge in [0.2, 0.25) is 0 Å². The molecule has 1 N–H and O–H groups in total. The fourth-order valence-electron chi connectivity index (χ4n) is 4.93. The monoisotopic (exact) mass is 626 g/mol. The normalized spacial score (nSPS) is 15.6. The van der Waals surface area contributed by atoms with E-state index in [4.69, 9.17) is 14.2 Å². The van der Waals surface area contributed by atoms with E-state index in [1.165, 1.54) is 19.2 Å². The third kappa shape index (κ3) is 6.20. The molecule has 0 saturated carbocycles. The van der Waals surface area contributed by atoms with Crippen LogP contribution in [0, 0.1) is 13.8 Å². The lowest BCUT2D eigenvalue weighted by Crippen LogP contribution is -2.29. The first-order valence-electron chi connectivity index (χ1n) is 14.1. The second-order valence-electron chi connectivity index (χ2n) is 10.2. The number of hydrogen-bond acceptors (Lipinski definition) is 10. The number of Topliss-reactive ketones (excluding diaryl/α,β-unsaturated/α-hetero) is 1. The van der Waals surface area contributed by atoms with Crippen LogP contribution in [0.5, 0.6) is 5.75 Å². The average Bonchev–Trinajstić information content (AvgIpc) is 3.56. The van der Waals surface area contributed by atoms with Crippen molar-refractivity contribution in [3.05, 3.63) is 117 Å². The fourth-order valence-corrected chi connectivity index (χ4v) is 5.92. The number of amides is 1. The van der Waals surface area contributed by atoms with Crippen LogP contribution in [0.2, 0.25) is 0 Å². The number of carbonyl (C=O) groups excluding carboxylic acids is 4. The zero-order valence-corrected chi connectivity index (χ0v) is 25.8. The van der Waals surface area contributed by atoms with E-state index in [9.17, 15) is 24.3 Å². The summed E-state index contributed by atoms with van der Waals surface area (Å²) in [5.74, 6) is -2.87. The van der Waals surface area contributed by atoms with Gasteiger partial charge in [-0.3, -0.25) is 14.5 Å². The van der Waals surface area contributed by atoms with Crippen molar-refractivity contribution in [3.63, 3.8) is 0 Å². The van der Waals surface area contributed by atoms with Crippen molar-refractivity contribution >= 4 is 45.9 Å². The van der Waals surface area contributed by atoms with Crippen molar-refractivity contribution in [1.29, 1.82) is 0 Å². The number of aromatic nitrogens is 1. The van der Waals surface area contributed by atoms with Gasteiger partial charge in [0.05, 0.1) is 36.6 Å². The predicted molar refractivity (Wildman–Crippen MR) is 167 cm³/mol. The van der Waals surface area contributed by atoms with Crippen LogP contribution in [0.25, 0.3) is 5.76 Å². The number of thiazole rings is 1. The van der Waals surface area contributed by atoms with E-state index in [1.54, 1.807) is 50.2 Å². The van der Waals surface area contributed by atoms with Crippen LogP contribution < -0.4 is 9.64 Å². The van der Waals surface area contributed by atoms with E-state index >= 15 is 0 Å². The Morgan fingerprint density at radius 2 is 1.60 bits per heavy atom. The molecule has 1 aliphatic heterocycles. The Morgan fingerprint density at radius 1 is 0.933 bits per heavy atom. The molecule has 0 aliphatic carbocycles. The van der Waals surface area contributed by atoms with Crippen LogP contribution in [0.4, 0.5) is 5.13 Å². The number of rotatable bonds is 9. The molecule has 0 spiro atoms. The number of esters is 2. The number of carbonyl (C=O) groups is 4. The Kier molecular flexibility index (Phi) is 9.10. The van der Waals surface area contributed by atoms with Gasteiger partial charge in [-0.2, -0.15) is 0 Å². The van der Waals surface area contributed by atoms with Crippen LogP contribution in [0.15, 0.2) is 78.4 Å². The van der Waals surface area contributed by atoms with Gasteiger partial charge in [0.25, 0.3) is 5.78 Å². The highest BCUT2D eigenvalue weighted by Gasteiger charge is 2.48. The summed E-state index contributed by atoms with van der Waals surface area (Å²) in [6.45, 7) is 5.78. The highest BCUT2D eigenvalue weighted by Crippen LogP contribution is 2.44. The summed E-state index contributed by atoms with van der Waals surface area (Å²) in [6.07, 6.45) is 0. The fraction of sp³-hybridized carbons (Fsp3) is 0.206. The second-order valence-corrected chi connectivity index (χ2v) is 11.1. The van der Waals surface area contributed by atoms with Gasteiger partial charge in [0.1, 0.15) is 23.0 Å². The van der Waals surface area contributed by atoms with E-state index in [0.29, 0.717) is 23.6 Å². The van der Waals surface area contributed by atoms with E-state index in [0.717, 1.165) is 27.4 Å². The van der Waals surface area contributed by atoms with E-state index in [-0.39, 0.29) is 33.3 Å². The SMILES string of the molecule is CCOC(=O)c1sc(N2C(=O)C(=O)C(=C(O)c3ccc(OCc4ccccc4C)cc3)C2c2ccc(C(=O)OC)cc2)nc1C. The number of nitrogens with zero attached hydrogens (tertiary/aromatic N) is 2. The van der Waals surface area contributed by atoms with Crippen LogP contribution in [0.1, 0.15) is 60.9 Å². The maximum absolute atomic E-state index is 13.6. The molecule has 1 fully saturated rings. The van der Waals surface area contributed by atoms with Gasteiger partial charge < -0.3 is 19.3 Å². The Hall–Kier alpha value is -5.29. The second kappa shape index (κ2) is 13.1. The molecule has 1 atom stereocenters. The molecular weight excluding hydrogens is 596 g/mol. The minimum Gasteiger partial charge on any atom is -0.507 e. The van der Waals surface area contributed by atoms with Gasteiger partial charge in [-0.25, -0.2) is 14.6 Å². The predicted octanol–water partition coefficient (Wildman–Crippen LogP) is 5.93. The van der Waals surface area contributed by atoms with Crippen molar-refractivity contribution in [2.45, 2.75) is 33.4 Å². The highest BCUT2D eigenvalue weighted by atomic mass is 32.1. The standard InChI is InChI=1S/C34H30N2O8S/c1-5-43-33(41)30-20(3)35-34(45-30)36-27(21-10-12-23(13-11-21)32(40)42-4)26(29(38)31(36)39)28(37)22-14-16-25(17-15-22)44-18-24-9-7-6-8-19(24)2/h6-17,27,37H,5,18H2,1-4H3. The molecule has 5 rings (SSSR count). The minimum absolute atomic E-state index is 0.0821. The number of hydrogen-bond donors (Lipinski definition) is 1. The number of aryl methyl sites for hydroxylation is 2. The van der Waals surface area contributed by atoms with E-state index in [2.05, 4.69) is 4.98 Å². The zero-order valence-electron chi connectivity index (χ0n) is 25.0. The van der Waals surface area contributed by atoms with E-state index in [1.807, 2.05) is 31.2 Å². The molecule has 1 unspecified atom stereocenters. The first-order valence-corrected chi connectivity index (χ1v) is 14.9. The van der Waals surface area contributed by atoms with Crippen LogP contribution in [-0.2, 0) is 25.7 Å². The molecule has 10 nitrogen and oxygen atoms in total. The molecule has 3 aromatic carbocycles. The van der Waals surface area contributed by atoms with Crippen molar-refractivity contribution in [3.8, 4) is 5.75 Å². The summed E-state index contributed by atoms with van der Waals surface area (Å²) < 4.78 is 15.8. The quantitative estimate of drug-likeness (QED) is 0.104. The summed E-state index contributed by atoms with van der Waals surface area (Å²) in [6, 6.07) is 19.4. The van der Waals surface area contributed by atoms with Gasteiger partial charge in [0, 0.05) is 5.56 Å². The highest BCUT2D eigenvalue weighted by molar-refractivity contribution is 7.17. The molecule has 1 aromatic heterocycles. The van der Waals surface area contributed by atoms with Crippen LogP contribution in [0.3, 0.4) is 0 Å². The summed E-state index contributed by atoms with van der Waals surface area (Å²) in [5.41, 5.74) is 3.25. The maximum atomic E-state index is 13.6. The van der Waals surface area contributed by atoms with Gasteiger partial charge in [-0.05, 0) is 73.9 Å². The Morgan fingerprint density at radius 3 is 2.24 bits per heavy atom. The minimum atomic E-state index is -1.12. The molecule has 45 heavy (non-hydrogen) atoms. The first kappa shape index (κ1) is 31.1. The van der Waals surface area contributed by atoms with Gasteiger partial charge >= 0.3 is 17.8 Å². The topological polar surface area (TPSA) is 132 Å². The third-order valence-electron chi connectivity index (χ3n) is 7.33. The maximum Gasteiger partial charge on any atom is 0.350 e. The number of aliphatic hydroxyl groups excluding tert-OH is 1. The molecule has 0 bridgehead atoms. The Labute approximate surface area is 263 Å². The Bertz CT molecular complexity index is 1810. The molecule has 1 saturated heterocycles. The number of ether oxygens (including phenoxy) is 3. The number of ketones is 1. The molecule has 4 aromatic rings. The molecule has 230 valence electrons. The lowest BCUT2D eigenvalue weighted by atomic mass is 9.94. The third-order valence-corrected chi connectivity index (χ3v) is 8.46. The summed E-state index contributed by atoms with van der Waals surface area (Å²) in [7, 11) is 1.26. The van der Waals surface area contributed by atoms with Crippen molar-refractivity contribution < 1.29 is 38.5 Å². The van der Waals surface area contributed by atoms with Crippen molar-refractivity contribution in [2.24, 2.45) is 0 Å². The van der Waals surface area contributed by atoms with E-state index < -0.39 is 35.4 Å². The number of benzene rings is 3.